The molecule has 0 radical (unpaired) electrons. The molecule has 0 aromatic heterocycles. The van der Waals surface area contributed by atoms with E-state index in [0.29, 0.717) is 12.5 Å². The van der Waals surface area contributed by atoms with Crippen LogP contribution in [0.4, 0.5) is 0 Å². The number of amides is 1. The van der Waals surface area contributed by atoms with Gasteiger partial charge < -0.3 is 10.8 Å². The van der Waals surface area contributed by atoms with Crippen molar-refractivity contribution in [1.82, 2.24) is 4.90 Å². The quantitative estimate of drug-likeness (QED) is 0.794. The number of halogens is 1. The van der Waals surface area contributed by atoms with Crippen LogP contribution in [-0.2, 0) is 11.3 Å². The third kappa shape index (κ3) is 5.30. The molecule has 0 fully saturated rings. The third-order valence-corrected chi connectivity index (χ3v) is 3.43. The van der Waals surface area contributed by atoms with Gasteiger partial charge in [0.15, 0.2) is 0 Å². The zero-order valence-corrected chi connectivity index (χ0v) is 13.2. The summed E-state index contributed by atoms with van der Waals surface area (Å²) in [4.78, 5) is 23.9. The number of hydrogen-bond acceptors (Lipinski definition) is 3. The van der Waals surface area contributed by atoms with Gasteiger partial charge in [-0.25, -0.2) is 4.79 Å². The lowest BCUT2D eigenvalue weighted by Crippen LogP contribution is -2.35. The van der Waals surface area contributed by atoms with Crippen LogP contribution in [0.25, 0.3) is 0 Å². The summed E-state index contributed by atoms with van der Waals surface area (Å²) < 4.78 is 0.718. The van der Waals surface area contributed by atoms with Gasteiger partial charge in [-0.2, -0.15) is 0 Å². The summed E-state index contributed by atoms with van der Waals surface area (Å²) in [7, 11) is 0. The minimum atomic E-state index is -0.964. The Morgan fingerprint density at radius 3 is 2.50 bits per heavy atom. The van der Waals surface area contributed by atoms with E-state index in [1.807, 2.05) is 4.90 Å². The summed E-state index contributed by atoms with van der Waals surface area (Å²) in [5.74, 6) is -0.927. The number of carbonyl (C=O) groups is 2. The largest absolute Gasteiger partial charge is 0.478 e. The van der Waals surface area contributed by atoms with E-state index in [2.05, 4.69) is 29.8 Å². The molecule has 1 aromatic carbocycles. The molecule has 5 nitrogen and oxygen atoms in total. The second-order valence-corrected chi connectivity index (χ2v) is 6.00. The van der Waals surface area contributed by atoms with Crippen molar-refractivity contribution in [2.45, 2.75) is 20.4 Å². The average molecular weight is 343 g/mol. The standard InChI is InChI=1S/C14H19BrN2O3/c1-9(2)6-17(8-13(16)18)7-11-4-3-10(14(19)20)5-12(11)15/h3-5,9H,6-8H2,1-2H3,(H2,16,18)(H,19,20). The fourth-order valence-electron chi connectivity index (χ4n) is 1.97. The molecular weight excluding hydrogens is 324 g/mol. The van der Waals surface area contributed by atoms with E-state index in [1.165, 1.54) is 0 Å². The predicted molar refractivity (Wildman–Crippen MR) is 80.4 cm³/mol. The summed E-state index contributed by atoms with van der Waals surface area (Å²) in [6.45, 7) is 5.61. The second kappa shape index (κ2) is 7.40. The van der Waals surface area contributed by atoms with Gasteiger partial charge in [0.25, 0.3) is 0 Å². The first-order valence-corrected chi connectivity index (χ1v) is 7.11. The van der Waals surface area contributed by atoms with E-state index in [0.717, 1.165) is 16.6 Å². The molecule has 0 aliphatic rings. The molecule has 0 aliphatic carbocycles. The molecule has 1 amide bonds. The molecule has 0 bridgehead atoms. The molecule has 0 heterocycles. The molecule has 0 spiro atoms. The molecule has 0 atom stereocenters. The Kier molecular flexibility index (Phi) is 6.16. The van der Waals surface area contributed by atoms with Gasteiger partial charge in [-0.1, -0.05) is 35.8 Å². The van der Waals surface area contributed by atoms with Gasteiger partial charge in [0.2, 0.25) is 5.91 Å². The first-order chi connectivity index (χ1) is 9.29. The molecule has 1 rings (SSSR count). The van der Waals surface area contributed by atoms with Crippen molar-refractivity contribution in [1.29, 1.82) is 0 Å². The summed E-state index contributed by atoms with van der Waals surface area (Å²) in [6.07, 6.45) is 0. The zero-order valence-electron chi connectivity index (χ0n) is 11.6. The lowest BCUT2D eigenvalue weighted by molar-refractivity contribution is -0.119. The Bertz CT molecular complexity index is 503. The number of hydrogen-bond donors (Lipinski definition) is 2. The highest BCUT2D eigenvalue weighted by Crippen LogP contribution is 2.21. The summed E-state index contributed by atoms with van der Waals surface area (Å²) in [5, 5.41) is 8.93. The molecule has 0 unspecified atom stereocenters. The number of carbonyl (C=O) groups excluding carboxylic acids is 1. The Morgan fingerprint density at radius 1 is 1.40 bits per heavy atom. The fraction of sp³-hybridized carbons (Fsp3) is 0.429. The minimum absolute atomic E-state index is 0.186. The second-order valence-electron chi connectivity index (χ2n) is 5.14. The minimum Gasteiger partial charge on any atom is -0.478 e. The van der Waals surface area contributed by atoms with E-state index >= 15 is 0 Å². The van der Waals surface area contributed by atoms with Crippen LogP contribution in [0.5, 0.6) is 0 Å². The fourth-order valence-corrected chi connectivity index (χ4v) is 2.48. The lowest BCUT2D eigenvalue weighted by Gasteiger charge is -2.23. The van der Waals surface area contributed by atoms with Crippen molar-refractivity contribution in [3.05, 3.63) is 33.8 Å². The van der Waals surface area contributed by atoms with Crippen LogP contribution in [0.1, 0.15) is 29.8 Å². The molecular formula is C14H19BrN2O3. The molecule has 0 saturated carbocycles. The number of rotatable bonds is 7. The van der Waals surface area contributed by atoms with E-state index in [9.17, 15) is 9.59 Å². The van der Waals surface area contributed by atoms with Crippen molar-refractivity contribution < 1.29 is 14.7 Å². The van der Waals surface area contributed by atoms with Gasteiger partial charge >= 0.3 is 5.97 Å². The maximum Gasteiger partial charge on any atom is 0.335 e. The maximum atomic E-state index is 11.1. The van der Waals surface area contributed by atoms with Gasteiger partial charge in [0.1, 0.15) is 0 Å². The number of carboxylic acids is 1. The molecule has 0 aliphatic heterocycles. The molecule has 3 N–H and O–H groups in total. The number of carboxylic acid groups (broad SMARTS) is 1. The number of primary amides is 1. The monoisotopic (exact) mass is 342 g/mol. The topological polar surface area (TPSA) is 83.6 Å². The van der Waals surface area contributed by atoms with E-state index in [-0.39, 0.29) is 18.0 Å². The number of aromatic carboxylic acids is 1. The van der Waals surface area contributed by atoms with Gasteiger partial charge in [0.05, 0.1) is 12.1 Å². The number of nitrogens with two attached hydrogens (primary N) is 1. The van der Waals surface area contributed by atoms with Crippen LogP contribution < -0.4 is 5.73 Å². The van der Waals surface area contributed by atoms with Crippen LogP contribution in [-0.4, -0.2) is 35.0 Å². The maximum absolute atomic E-state index is 11.1. The van der Waals surface area contributed by atoms with E-state index in [1.54, 1.807) is 18.2 Å². The molecule has 0 saturated heterocycles. The van der Waals surface area contributed by atoms with Crippen molar-refractivity contribution in [2.24, 2.45) is 11.7 Å². The van der Waals surface area contributed by atoms with Crippen LogP contribution in [0.15, 0.2) is 22.7 Å². The Labute approximate surface area is 126 Å². The normalized spacial score (nSPS) is 11.1. The Hall–Kier alpha value is -1.40. The third-order valence-electron chi connectivity index (χ3n) is 2.70. The van der Waals surface area contributed by atoms with E-state index < -0.39 is 5.97 Å². The predicted octanol–water partition coefficient (Wildman–Crippen LogP) is 2.09. The van der Waals surface area contributed by atoms with Gasteiger partial charge in [-0.05, 0) is 23.6 Å². The van der Waals surface area contributed by atoms with Crippen molar-refractivity contribution in [3.63, 3.8) is 0 Å². The van der Waals surface area contributed by atoms with Crippen molar-refractivity contribution >= 4 is 27.8 Å². The van der Waals surface area contributed by atoms with Gasteiger partial charge in [-0.15, -0.1) is 0 Å². The van der Waals surface area contributed by atoms with Crippen LogP contribution in [0.3, 0.4) is 0 Å². The number of benzene rings is 1. The summed E-state index contributed by atoms with van der Waals surface area (Å²) in [5.41, 5.74) is 6.41. The highest BCUT2D eigenvalue weighted by Gasteiger charge is 2.14. The van der Waals surface area contributed by atoms with Gasteiger partial charge in [0, 0.05) is 17.6 Å². The first kappa shape index (κ1) is 16.7. The van der Waals surface area contributed by atoms with E-state index in [4.69, 9.17) is 10.8 Å². The van der Waals surface area contributed by atoms with Crippen LogP contribution in [0.2, 0.25) is 0 Å². The number of nitrogens with zero attached hydrogens (tertiary/aromatic N) is 1. The first-order valence-electron chi connectivity index (χ1n) is 6.32. The highest BCUT2D eigenvalue weighted by molar-refractivity contribution is 9.10. The molecule has 1 aromatic rings. The average Bonchev–Trinajstić information content (AvgIpc) is 2.29. The molecule has 6 heteroatoms. The van der Waals surface area contributed by atoms with Crippen molar-refractivity contribution in [2.75, 3.05) is 13.1 Å². The Balaban J connectivity index is 2.87. The van der Waals surface area contributed by atoms with Gasteiger partial charge in [-0.3, -0.25) is 9.69 Å². The summed E-state index contributed by atoms with van der Waals surface area (Å²) >= 11 is 3.37. The SMILES string of the molecule is CC(C)CN(CC(N)=O)Cc1ccc(C(=O)O)cc1Br. The van der Waals surface area contributed by atoms with Crippen molar-refractivity contribution in [3.8, 4) is 0 Å². The Morgan fingerprint density at radius 2 is 2.05 bits per heavy atom. The molecule has 110 valence electrons. The lowest BCUT2D eigenvalue weighted by atomic mass is 10.1. The molecule has 20 heavy (non-hydrogen) atoms. The smallest absolute Gasteiger partial charge is 0.335 e. The van der Waals surface area contributed by atoms with Crippen LogP contribution in [0, 0.1) is 5.92 Å². The summed E-state index contributed by atoms with van der Waals surface area (Å²) in [6, 6.07) is 4.87. The van der Waals surface area contributed by atoms with Crippen LogP contribution >= 0.6 is 15.9 Å². The highest BCUT2D eigenvalue weighted by atomic mass is 79.9. The zero-order chi connectivity index (χ0) is 15.3.